The lowest BCUT2D eigenvalue weighted by molar-refractivity contribution is 0.500. The summed E-state index contributed by atoms with van der Waals surface area (Å²) in [6, 6.07) is 2.30. The highest BCUT2D eigenvalue weighted by Gasteiger charge is 2.12. The predicted molar refractivity (Wildman–Crippen MR) is 75.5 cm³/mol. The van der Waals surface area contributed by atoms with E-state index in [0.717, 1.165) is 27.6 Å². The summed E-state index contributed by atoms with van der Waals surface area (Å²) in [5, 5.41) is 3.47. The van der Waals surface area contributed by atoms with E-state index in [1.807, 2.05) is 6.20 Å². The quantitative estimate of drug-likeness (QED) is 0.863. The van der Waals surface area contributed by atoms with Crippen LogP contribution < -0.4 is 5.32 Å². The first kappa shape index (κ1) is 13.1. The van der Waals surface area contributed by atoms with E-state index in [1.165, 1.54) is 4.88 Å². The molecule has 2 N–H and O–H groups in total. The Morgan fingerprint density at radius 1 is 1.65 bits per heavy atom. The van der Waals surface area contributed by atoms with E-state index in [2.05, 4.69) is 44.2 Å². The van der Waals surface area contributed by atoms with Crippen molar-refractivity contribution in [1.29, 1.82) is 0 Å². The molecule has 1 unspecified atom stereocenters. The summed E-state index contributed by atoms with van der Waals surface area (Å²) in [5.41, 5.74) is 0. The molecule has 92 valence electrons. The largest absolute Gasteiger partial charge is 0.347 e. The standard InChI is InChI=1S/C11H13BrClN3S/c1-2-9(11-14-3-4-15-11)16-6-7-5-8(12)10(13)17-7/h3-5,9,16H,2,6H2,1H3,(H,14,15). The van der Waals surface area contributed by atoms with Gasteiger partial charge in [-0.3, -0.25) is 0 Å². The summed E-state index contributed by atoms with van der Waals surface area (Å²) in [6.45, 7) is 2.94. The van der Waals surface area contributed by atoms with Crippen molar-refractivity contribution < 1.29 is 0 Å². The summed E-state index contributed by atoms with van der Waals surface area (Å²) < 4.78 is 1.76. The Bertz CT molecular complexity index is 450. The molecule has 2 aromatic heterocycles. The number of hydrogen-bond donors (Lipinski definition) is 2. The van der Waals surface area contributed by atoms with Crippen molar-refractivity contribution in [2.45, 2.75) is 25.9 Å². The maximum atomic E-state index is 6.00. The second-order valence-electron chi connectivity index (χ2n) is 3.65. The molecule has 6 heteroatoms. The zero-order valence-electron chi connectivity index (χ0n) is 9.34. The number of imidazole rings is 1. The fourth-order valence-electron chi connectivity index (χ4n) is 1.60. The fraction of sp³-hybridized carbons (Fsp3) is 0.364. The van der Waals surface area contributed by atoms with Crippen LogP contribution in [0.25, 0.3) is 0 Å². The van der Waals surface area contributed by atoms with Crippen molar-refractivity contribution in [2.75, 3.05) is 0 Å². The molecule has 0 spiro atoms. The molecule has 0 aliphatic carbocycles. The number of hydrogen-bond acceptors (Lipinski definition) is 3. The van der Waals surface area contributed by atoms with Crippen LogP contribution in [0.3, 0.4) is 0 Å². The van der Waals surface area contributed by atoms with Gasteiger partial charge in [0.05, 0.1) is 6.04 Å². The molecule has 0 radical (unpaired) electrons. The van der Waals surface area contributed by atoms with E-state index >= 15 is 0 Å². The predicted octanol–water partition coefficient (Wildman–Crippen LogP) is 4.13. The average Bonchev–Trinajstić information content (AvgIpc) is 2.92. The first-order valence-corrected chi connectivity index (χ1v) is 7.35. The number of aromatic amines is 1. The Morgan fingerprint density at radius 2 is 2.47 bits per heavy atom. The van der Waals surface area contributed by atoms with Crippen LogP contribution >= 0.6 is 38.9 Å². The van der Waals surface area contributed by atoms with E-state index in [0.29, 0.717) is 0 Å². The number of halogens is 2. The Balaban J connectivity index is 1.97. The zero-order chi connectivity index (χ0) is 12.3. The first-order valence-electron chi connectivity index (χ1n) is 5.37. The third-order valence-corrected chi connectivity index (χ3v) is 4.95. The highest BCUT2D eigenvalue weighted by Crippen LogP contribution is 2.32. The molecule has 0 aliphatic rings. The van der Waals surface area contributed by atoms with Crippen LogP contribution in [-0.2, 0) is 6.54 Å². The van der Waals surface area contributed by atoms with Gasteiger partial charge < -0.3 is 10.3 Å². The van der Waals surface area contributed by atoms with E-state index < -0.39 is 0 Å². The lowest BCUT2D eigenvalue weighted by Crippen LogP contribution is -2.20. The smallest absolute Gasteiger partial charge is 0.123 e. The molecular weight excluding hydrogens is 322 g/mol. The molecule has 1 atom stereocenters. The van der Waals surface area contributed by atoms with Gasteiger partial charge in [0.1, 0.15) is 10.2 Å². The van der Waals surface area contributed by atoms with Crippen LogP contribution in [0.5, 0.6) is 0 Å². The molecule has 0 aromatic carbocycles. The van der Waals surface area contributed by atoms with Gasteiger partial charge in [0.15, 0.2) is 0 Å². The number of aromatic nitrogens is 2. The van der Waals surface area contributed by atoms with Crippen molar-refractivity contribution in [3.8, 4) is 0 Å². The molecule has 3 nitrogen and oxygen atoms in total. The number of nitrogens with zero attached hydrogens (tertiary/aromatic N) is 1. The Kier molecular flexibility index (Phi) is 4.62. The minimum Gasteiger partial charge on any atom is -0.347 e. The number of rotatable bonds is 5. The van der Waals surface area contributed by atoms with E-state index in [-0.39, 0.29) is 6.04 Å². The molecule has 0 saturated carbocycles. The van der Waals surface area contributed by atoms with Gasteiger partial charge in [-0.15, -0.1) is 11.3 Å². The van der Waals surface area contributed by atoms with Crippen LogP contribution in [0.15, 0.2) is 22.9 Å². The van der Waals surface area contributed by atoms with Gasteiger partial charge in [0.25, 0.3) is 0 Å². The SMILES string of the molecule is CCC(NCc1cc(Br)c(Cl)s1)c1ncc[nH]1. The Morgan fingerprint density at radius 3 is 3.00 bits per heavy atom. The van der Waals surface area contributed by atoms with Crippen molar-refractivity contribution in [3.63, 3.8) is 0 Å². The van der Waals surface area contributed by atoms with Crippen molar-refractivity contribution in [1.82, 2.24) is 15.3 Å². The van der Waals surface area contributed by atoms with E-state index in [1.54, 1.807) is 17.5 Å². The van der Waals surface area contributed by atoms with E-state index in [9.17, 15) is 0 Å². The van der Waals surface area contributed by atoms with Crippen LogP contribution in [0.1, 0.15) is 30.1 Å². The Hall–Kier alpha value is -0.360. The highest BCUT2D eigenvalue weighted by atomic mass is 79.9. The van der Waals surface area contributed by atoms with Gasteiger partial charge in [-0.1, -0.05) is 18.5 Å². The van der Waals surface area contributed by atoms with Crippen molar-refractivity contribution >= 4 is 38.9 Å². The first-order chi connectivity index (χ1) is 8.20. The van der Waals surface area contributed by atoms with E-state index in [4.69, 9.17) is 11.6 Å². The minimum atomic E-state index is 0.254. The van der Waals surface area contributed by atoms with Gasteiger partial charge in [0.2, 0.25) is 0 Å². The normalized spacial score (nSPS) is 12.9. The average molecular weight is 335 g/mol. The topological polar surface area (TPSA) is 40.7 Å². The van der Waals surface area contributed by atoms with Gasteiger partial charge in [-0.05, 0) is 28.4 Å². The number of nitrogens with one attached hydrogen (secondary N) is 2. The molecule has 0 saturated heterocycles. The summed E-state index contributed by atoms with van der Waals surface area (Å²) in [6.07, 6.45) is 4.62. The fourth-order valence-corrected chi connectivity index (χ4v) is 3.35. The van der Waals surface area contributed by atoms with Gasteiger partial charge in [-0.2, -0.15) is 0 Å². The van der Waals surface area contributed by atoms with Crippen molar-refractivity contribution in [2.24, 2.45) is 0 Å². The van der Waals surface area contributed by atoms with Crippen LogP contribution in [-0.4, -0.2) is 9.97 Å². The summed E-state index contributed by atoms with van der Waals surface area (Å²) in [7, 11) is 0. The van der Waals surface area contributed by atoms with Gasteiger partial charge in [0, 0.05) is 28.3 Å². The number of H-pyrrole nitrogens is 1. The molecule has 0 fully saturated rings. The second kappa shape index (κ2) is 6.00. The molecule has 0 amide bonds. The summed E-state index contributed by atoms with van der Waals surface area (Å²) >= 11 is 11.0. The zero-order valence-corrected chi connectivity index (χ0v) is 12.5. The molecule has 17 heavy (non-hydrogen) atoms. The van der Waals surface area contributed by atoms with Gasteiger partial charge in [-0.25, -0.2) is 4.98 Å². The molecule has 0 aliphatic heterocycles. The van der Waals surface area contributed by atoms with Crippen LogP contribution in [0.4, 0.5) is 0 Å². The molecule has 2 heterocycles. The van der Waals surface area contributed by atoms with Crippen molar-refractivity contribution in [3.05, 3.63) is 38.0 Å². The molecule has 0 bridgehead atoms. The molecule has 2 aromatic rings. The lowest BCUT2D eigenvalue weighted by Gasteiger charge is -2.13. The highest BCUT2D eigenvalue weighted by molar-refractivity contribution is 9.10. The maximum absolute atomic E-state index is 6.00. The Labute approximate surface area is 118 Å². The maximum Gasteiger partial charge on any atom is 0.123 e. The monoisotopic (exact) mass is 333 g/mol. The molecular formula is C11H13BrClN3S. The molecule has 2 rings (SSSR count). The van der Waals surface area contributed by atoms with Gasteiger partial charge >= 0.3 is 0 Å². The summed E-state index contributed by atoms with van der Waals surface area (Å²) in [5.74, 6) is 0.981. The van der Waals surface area contributed by atoms with Crippen LogP contribution in [0.2, 0.25) is 4.34 Å². The summed E-state index contributed by atoms with van der Waals surface area (Å²) in [4.78, 5) is 8.62. The number of thiophene rings is 1. The lowest BCUT2D eigenvalue weighted by atomic mass is 10.2. The third kappa shape index (κ3) is 3.31. The van der Waals surface area contributed by atoms with Crippen LogP contribution in [0, 0.1) is 0 Å². The second-order valence-corrected chi connectivity index (χ2v) is 6.24. The minimum absolute atomic E-state index is 0.254. The third-order valence-electron chi connectivity index (χ3n) is 2.48.